The van der Waals surface area contributed by atoms with Crippen LogP contribution in [0.2, 0.25) is 0 Å². The fraction of sp³-hybridized carbons (Fsp3) is 0.216. The average molecular weight is 627 g/mol. The van der Waals surface area contributed by atoms with Gasteiger partial charge in [-0.1, -0.05) is 36.3 Å². The van der Waals surface area contributed by atoms with Gasteiger partial charge in [0.25, 0.3) is 11.8 Å². The predicted octanol–water partition coefficient (Wildman–Crippen LogP) is 5.74. The summed E-state index contributed by atoms with van der Waals surface area (Å²) in [7, 11) is 0. The third-order valence-corrected chi connectivity index (χ3v) is 7.56. The van der Waals surface area contributed by atoms with Crippen molar-refractivity contribution < 1.29 is 19.1 Å². The van der Waals surface area contributed by atoms with Crippen LogP contribution in [0.25, 0.3) is 16.8 Å². The van der Waals surface area contributed by atoms with Crippen molar-refractivity contribution in [3.63, 3.8) is 0 Å². The van der Waals surface area contributed by atoms with E-state index in [1.165, 1.54) is 0 Å². The molecule has 0 atom stereocenters. The van der Waals surface area contributed by atoms with E-state index in [4.69, 9.17) is 4.74 Å². The molecule has 3 aromatic heterocycles. The Labute approximate surface area is 273 Å². The Morgan fingerprint density at radius 1 is 0.787 bits per heavy atom. The highest BCUT2D eigenvalue weighted by atomic mass is 16.6. The minimum atomic E-state index is -0.557. The molecule has 1 aliphatic rings. The third-order valence-electron chi connectivity index (χ3n) is 7.56. The van der Waals surface area contributed by atoms with Crippen LogP contribution in [-0.2, 0) is 4.74 Å². The molecule has 0 spiro atoms. The molecule has 5 aromatic rings. The molecule has 6 rings (SSSR count). The van der Waals surface area contributed by atoms with Crippen LogP contribution in [0.4, 0.5) is 10.6 Å². The van der Waals surface area contributed by atoms with Crippen molar-refractivity contribution in [2.45, 2.75) is 26.4 Å². The van der Waals surface area contributed by atoms with Gasteiger partial charge in [-0.05, 0) is 86.3 Å². The van der Waals surface area contributed by atoms with Gasteiger partial charge in [0.2, 0.25) is 0 Å². The Morgan fingerprint density at radius 3 is 2.21 bits per heavy atom. The monoisotopic (exact) mass is 626 g/mol. The van der Waals surface area contributed by atoms with Gasteiger partial charge in [-0.2, -0.15) is 0 Å². The van der Waals surface area contributed by atoms with E-state index >= 15 is 0 Å². The summed E-state index contributed by atoms with van der Waals surface area (Å²) in [6, 6.07) is 23.9. The summed E-state index contributed by atoms with van der Waals surface area (Å²) in [5.74, 6) is 6.44. The fourth-order valence-electron chi connectivity index (χ4n) is 5.14. The van der Waals surface area contributed by atoms with Crippen molar-refractivity contribution >= 4 is 29.4 Å². The molecule has 0 aliphatic carbocycles. The van der Waals surface area contributed by atoms with Crippen molar-refractivity contribution in [1.29, 1.82) is 0 Å². The minimum Gasteiger partial charge on any atom is -0.444 e. The Balaban J connectivity index is 1.12. The lowest BCUT2D eigenvalue weighted by atomic mass is 10.0. The molecule has 2 aromatic carbocycles. The van der Waals surface area contributed by atoms with Gasteiger partial charge in [0.05, 0.1) is 6.20 Å². The van der Waals surface area contributed by atoms with Gasteiger partial charge in [-0.3, -0.25) is 14.0 Å². The topological polar surface area (TPSA) is 109 Å². The lowest BCUT2D eigenvalue weighted by molar-refractivity contribution is 0.0141. The SMILES string of the molecule is CC(C)(C)OC(=O)N1CCN(C(=O)c2ccc(-c3ccc4ncc(C#Cc5ccnc(NC(=O)c6ccccc6)c5)n4c3)cc2)CC1. The predicted molar refractivity (Wildman–Crippen MR) is 179 cm³/mol. The number of imidazole rings is 1. The van der Waals surface area contributed by atoms with E-state index in [1.54, 1.807) is 46.5 Å². The zero-order chi connectivity index (χ0) is 33.0. The number of amides is 3. The number of pyridine rings is 2. The van der Waals surface area contributed by atoms with Gasteiger partial charge >= 0.3 is 6.09 Å². The molecular weight excluding hydrogens is 592 g/mol. The molecular formula is C37H34N6O4. The summed E-state index contributed by atoms with van der Waals surface area (Å²) in [6.07, 6.45) is 4.94. The highest BCUT2D eigenvalue weighted by Crippen LogP contribution is 2.22. The van der Waals surface area contributed by atoms with E-state index in [0.717, 1.165) is 16.8 Å². The van der Waals surface area contributed by atoms with E-state index in [-0.39, 0.29) is 17.9 Å². The number of rotatable bonds is 4. The lowest BCUT2D eigenvalue weighted by Gasteiger charge is -2.35. The molecule has 10 heteroatoms. The van der Waals surface area contributed by atoms with E-state index in [9.17, 15) is 14.4 Å². The number of hydrogen-bond acceptors (Lipinski definition) is 6. The highest BCUT2D eigenvalue weighted by Gasteiger charge is 2.28. The van der Waals surface area contributed by atoms with Gasteiger partial charge in [0, 0.05) is 55.3 Å². The number of ether oxygens (including phenoxy) is 1. The number of anilines is 1. The van der Waals surface area contributed by atoms with Gasteiger partial charge in [-0.25, -0.2) is 14.8 Å². The average Bonchev–Trinajstić information content (AvgIpc) is 3.49. The number of carbonyl (C=O) groups excluding carboxylic acids is 3. The summed E-state index contributed by atoms with van der Waals surface area (Å²) >= 11 is 0. The number of fused-ring (bicyclic) bond motifs is 1. The van der Waals surface area contributed by atoms with Crippen LogP contribution in [0.3, 0.4) is 0 Å². The van der Waals surface area contributed by atoms with Crippen LogP contribution in [0, 0.1) is 11.8 Å². The number of nitrogens with zero attached hydrogens (tertiary/aromatic N) is 5. The number of hydrogen-bond donors (Lipinski definition) is 1. The zero-order valence-corrected chi connectivity index (χ0v) is 26.4. The summed E-state index contributed by atoms with van der Waals surface area (Å²) in [5, 5.41) is 2.81. The van der Waals surface area contributed by atoms with E-state index < -0.39 is 5.60 Å². The first kappa shape index (κ1) is 31.0. The summed E-state index contributed by atoms with van der Waals surface area (Å²) < 4.78 is 7.38. The molecule has 1 fully saturated rings. The number of nitrogens with one attached hydrogen (secondary N) is 1. The Kier molecular flexibility index (Phi) is 8.71. The number of carbonyl (C=O) groups is 3. The number of benzene rings is 2. The van der Waals surface area contributed by atoms with Crippen LogP contribution >= 0.6 is 0 Å². The first-order valence-electron chi connectivity index (χ1n) is 15.3. The Hall–Kier alpha value is -5.95. The maximum atomic E-state index is 13.2. The van der Waals surface area contributed by atoms with Crippen LogP contribution in [-0.4, -0.2) is 73.9 Å². The molecule has 4 heterocycles. The van der Waals surface area contributed by atoms with Gasteiger partial charge in [0.1, 0.15) is 22.8 Å². The summed E-state index contributed by atoms with van der Waals surface area (Å²) in [6.45, 7) is 7.28. The zero-order valence-electron chi connectivity index (χ0n) is 26.4. The van der Waals surface area contributed by atoms with Crippen molar-refractivity contribution in [3.8, 4) is 23.0 Å². The fourth-order valence-corrected chi connectivity index (χ4v) is 5.14. The highest BCUT2D eigenvalue weighted by molar-refractivity contribution is 6.03. The van der Waals surface area contributed by atoms with Crippen LogP contribution in [0.1, 0.15) is 52.7 Å². The summed E-state index contributed by atoms with van der Waals surface area (Å²) in [5.41, 5.74) is 4.61. The molecule has 0 unspecified atom stereocenters. The minimum absolute atomic E-state index is 0.0677. The van der Waals surface area contributed by atoms with Crippen molar-refractivity contribution in [2.75, 3.05) is 31.5 Å². The van der Waals surface area contributed by atoms with E-state index in [2.05, 4.69) is 27.1 Å². The molecule has 3 amide bonds. The molecule has 47 heavy (non-hydrogen) atoms. The van der Waals surface area contributed by atoms with Crippen LogP contribution < -0.4 is 5.32 Å². The molecule has 0 saturated carbocycles. The lowest BCUT2D eigenvalue weighted by Crippen LogP contribution is -2.51. The van der Waals surface area contributed by atoms with Crippen LogP contribution in [0.15, 0.2) is 97.5 Å². The Bertz CT molecular complexity index is 1990. The third kappa shape index (κ3) is 7.48. The Morgan fingerprint density at radius 2 is 1.49 bits per heavy atom. The summed E-state index contributed by atoms with van der Waals surface area (Å²) in [4.78, 5) is 50.2. The standard InChI is InChI=1S/C37H34N6O4/c1-37(2,3)47-36(46)42-21-19-41(20-22-42)35(45)29-12-10-27(11-13-29)30-14-16-33-39-24-31(43(33)25-30)15-9-26-17-18-38-32(23-26)40-34(44)28-7-5-4-6-8-28/h4-8,10-14,16-18,23-25H,19-22H2,1-3H3,(H,38,40,44). The largest absolute Gasteiger partial charge is 0.444 e. The molecule has 0 radical (unpaired) electrons. The van der Waals surface area contributed by atoms with E-state index in [1.807, 2.05) is 86.0 Å². The number of piperazine rings is 1. The molecule has 1 aliphatic heterocycles. The van der Waals surface area contributed by atoms with Gasteiger partial charge < -0.3 is 19.9 Å². The van der Waals surface area contributed by atoms with Crippen molar-refractivity contribution in [1.82, 2.24) is 24.2 Å². The first-order chi connectivity index (χ1) is 22.6. The molecule has 10 nitrogen and oxygen atoms in total. The molecule has 1 N–H and O–H groups in total. The van der Waals surface area contributed by atoms with Gasteiger partial charge in [-0.15, -0.1) is 0 Å². The second kappa shape index (κ2) is 13.2. The first-order valence-corrected chi connectivity index (χ1v) is 15.3. The van der Waals surface area contributed by atoms with Gasteiger partial charge in [0.15, 0.2) is 0 Å². The van der Waals surface area contributed by atoms with Crippen LogP contribution in [0.5, 0.6) is 0 Å². The second-order valence-corrected chi connectivity index (χ2v) is 12.1. The maximum absolute atomic E-state index is 13.2. The second-order valence-electron chi connectivity index (χ2n) is 12.1. The normalized spacial score (nSPS) is 13.1. The van der Waals surface area contributed by atoms with Crippen molar-refractivity contribution in [3.05, 3.63) is 120 Å². The molecule has 1 saturated heterocycles. The maximum Gasteiger partial charge on any atom is 0.410 e. The van der Waals surface area contributed by atoms with Crippen molar-refractivity contribution in [2.24, 2.45) is 0 Å². The van der Waals surface area contributed by atoms with E-state index in [0.29, 0.717) is 54.4 Å². The molecule has 0 bridgehead atoms. The molecule has 236 valence electrons. The quantitative estimate of drug-likeness (QED) is 0.255. The smallest absolute Gasteiger partial charge is 0.410 e. The number of aromatic nitrogens is 3.